The molecule has 0 spiro atoms. The van der Waals surface area contributed by atoms with Gasteiger partial charge >= 0.3 is 0 Å². The van der Waals surface area contributed by atoms with Gasteiger partial charge < -0.3 is 31.5 Å². The van der Waals surface area contributed by atoms with Crippen LogP contribution >= 0.6 is 0 Å². The highest BCUT2D eigenvalue weighted by molar-refractivity contribution is 6.32. The Hall–Kier alpha value is -3.68. The molecule has 2 fully saturated rings. The molecular weight excluding hydrogens is 546 g/mol. The Bertz CT molecular complexity index is 1400. The maximum Gasteiger partial charge on any atom is 0.238 e. The minimum atomic E-state index is -2.80. The highest BCUT2D eigenvalue weighted by Gasteiger charge is 2.69. The number of rotatable bonds is 6. The number of nitrogens with zero attached hydrogens (tertiary/aromatic N) is 2. The first-order valence-corrected chi connectivity index (χ1v) is 13.8. The van der Waals surface area contributed by atoms with Gasteiger partial charge in [0.05, 0.1) is 29.8 Å². The number of carbonyl (C=O) groups excluding carboxylic acids is 6. The van der Waals surface area contributed by atoms with Gasteiger partial charge in [0.1, 0.15) is 5.75 Å². The molecule has 2 saturated carbocycles. The highest BCUT2D eigenvalue weighted by Crippen LogP contribution is 2.52. The van der Waals surface area contributed by atoms with Gasteiger partial charge in [0, 0.05) is 31.2 Å². The summed E-state index contributed by atoms with van der Waals surface area (Å²) >= 11 is 0. The number of primary amides is 1. The number of amides is 2. The second kappa shape index (κ2) is 10.5. The minimum absolute atomic E-state index is 0.0365. The van der Waals surface area contributed by atoms with E-state index in [1.807, 2.05) is 20.8 Å². The van der Waals surface area contributed by atoms with Crippen molar-refractivity contribution in [3.63, 3.8) is 0 Å². The van der Waals surface area contributed by atoms with Gasteiger partial charge in [-0.05, 0) is 65.3 Å². The lowest BCUT2D eigenvalue weighted by atomic mass is 9.52. The molecule has 4 rings (SSSR count). The van der Waals surface area contributed by atoms with Crippen LogP contribution in [0.25, 0.3) is 0 Å². The van der Waals surface area contributed by atoms with E-state index in [4.69, 9.17) is 5.73 Å². The normalized spacial score (nSPS) is 29.1. The summed E-state index contributed by atoms with van der Waals surface area (Å²) in [7, 11) is 6.52. The lowest BCUT2D eigenvalue weighted by Crippen LogP contribution is -2.74. The van der Waals surface area contributed by atoms with Gasteiger partial charge in [0.2, 0.25) is 11.8 Å². The van der Waals surface area contributed by atoms with Gasteiger partial charge in [-0.1, -0.05) is 0 Å². The van der Waals surface area contributed by atoms with E-state index in [0.29, 0.717) is 11.3 Å². The fourth-order valence-corrected chi connectivity index (χ4v) is 6.69. The third kappa shape index (κ3) is 4.88. The Morgan fingerprint density at radius 2 is 1.71 bits per heavy atom. The van der Waals surface area contributed by atoms with E-state index in [2.05, 4.69) is 10.6 Å². The number of Topliss-reactive ketones (excluding diaryl/α,β-unsaturated/α-hetero) is 4. The van der Waals surface area contributed by atoms with E-state index < -0.39 is 76.0 Å². The summed E-state index contributed by atoms with van der Waals surface area (Å²) in [5.74, 6) is -11.8. The molecule has 0 heterocycles. The summed E-state index contributed by atoms with van der Waals surface area (Å²) in [5.41, 5.74) is 2.95. The summed E-state index contributed by atoms with van der Waals surface area (Å²) in [6.45, 7) is 5.58. The molecule has 3 aliphatic carbocycles. The number of hydrogen-bond donors (Lipinski definition) is 5. The molecular formula is C29H39N5O8. The van der Waals surface area contributed by atoms with Crippen molar-refractivity contribution in [2.75, 3.05) is 45.0 Å². The van der Waals surface area contributed by atoms with E-state index in [-0.39, 0.29) is 36.2 Å². The fraction of sp³-hybridized carbons (Fsp3) is 0.586. The monoisotopic (exact) mass is 585 g/mol. The fourth-order valence-electron chi connectivity index (χ4n) is 6.69. The number of benzene rings is 1. The first-order valence-electron chi connectivity index (χ1n) is 13.8. The van der Waals surface area contributed by atoms with Crippen molar-refractivity contribution in [3.05, 3.63) is 17.2 Å². The molecule has 3 aliphatic rings. The molecule has 0 aromatic heterocycles. The maximum absolute atomic E-state index is 14.1. The minimum Gasteiger partial charge on any atom is -0.505 e. The van der Waals surface area contributed by atoms with Crippen LogP contribution in [0.2, 0.25) is 0 Å². The summed E-state index contributed by atoms with van der Waals surface area (Å²) in [6, 6.07) is 0.374. The molecule has 6 atom stereocenters. The SMILES string of the molecule is CN(C)c1cc(NC(=O)CNC(C)(C)C)c(O)c2c1CC1CC3[C@H](N(C)C)C(=O)C(C(N)=O)C(=O)[C@@]3(O)C(=O)C1C2=O. The molecule has 0 bridgehead atoms. The van der Waals surface area contributed by atoms with Crippen LogP contribution in [-0.2, 0) is 30.4 Å². The Labute approximate surface area is 243 Å². The topological polar surface area (TPSA) is 199 Å². The van der Waals surface area contributed by atoms with E-state index in [1.165, 1.54) is 19.0 Å². The summed E-state index contributed by atoms with van der Waals surface area (Å²) in [5, 5.41) is 28.6. The number of phenols is 1. The van der Waals surface area contributed by atoms with Gasteiger partial charge in [-0.2, -0.15) is 0 Å². The summed E-state index contributed by atoms with van der Waals surface area (Å²) < 4.78 is 0. The molecule has 13 nitrogen and oxygen atoms in total. The van der Waals surface area contributed by atoms with E-state index in [9.17, 15) is 39.0 Å². The second-order valence-corrected chi connectivity index (χ2v) is 13.0. The predicted octanol–water partition coefficient (Wildman–Crippen LogP) is -0.740. The van der Waals surface area contributed by atoms with Crippen LogP contribution in [0.5, 0.6) is 5.75 Å². The molecule has 0 radical (unpaired) electrons. The average Bonchev–Trinajstić information content (AvgIpc) is 2.85. The van der Waals surface area contributed by atoms with Gasteiger partial charge in [-0.15, -0.1) is 0 Å². The van der Waals surface area contributed by atoms with Gasteiger partial charge in [-0.25, -0.2) is 0 Å². The number of phenolic OH excluding ortho intramolecular Hbond substituents is 1. The number of hydrogen-bond acceptors (Lipinski definition) is 11. The number of nitrogens with two attached hydrogens (primary N) is 1. The van der Waals surface area contributed by atoms with Crippen molar-refractivity contribution in [2.45, 2.75) is 50.8 Å². The number of anilines is 2. The molecule has 1 aromatic carbocycles. The van der Waals surface area contributed by atoms with Crippen molar-refractivity contribution in [1.82, 2.24) is 10.2 Å². The standard InChI is InChI=1S/C29H39N5O8/c1-28(2,3)31-11-17(35)32-15-10-16(33(4)5)13-8-12-9-14-21(34(6)7)24(38)20(27(30)41)26(40)29(14,42)25(39)18(12)23(37)19(13)22(15)36/h10,12,14,18,20-21,31,36,42H,8-9,11H2,1-7H3,(H2,30,41)(H,32,35)/t12?,14?,18?,20?,21-,29-/m0/s1. The maximum atomic E-state index is 14.1. The number of aromatic hydroxyl groups is 1. The van der Waals surface area contributed by atoms with Crippen LogP contribution in [0.1, 0.15) is 43.1 Å². The first-order chi connectivity index (χ1) is 19.3. The number of ketones is 4. The molecule has 13 heteroatoms. The van der Waals surface area contributed by atoms with E-state index in [0.717, 1.165) is 0 Å². The second-order valence-electron chi connectivity index (χ2n) is 13.0. The van der Waals surface area contributed by atoms with Crippen molar-refractivity contribution in [2.24, 2.45) is 29.4 Å². The molecule has 1 aromatic rings. The average molecular weight is 586 g/mol. The lowest BCUT2D eigenvalue weighted by Gasteiger charge is -2.52. The third-order valence-electron chi connectivity index (χ3n) is 8.57. The zero-order valence-electron chi connectivity index (χ0n) is 24.9. The van der Waals surface area contributed by atoms with Crippen LogP contribution in [0.3, 0.4) is 0 Å². The zero-order valence-corrected chi connectivity index (χ0v) is 24.9. The largest absolute Gasteiger partial charge is 0.505 e. The molecule has 4 unspecified atom stereocenters. The van der Waals surface area contributed by atoms with Crippen LogP contribution in [0, 0.1) is 23.7 Å². The molecule has 42 heavy (non-hydrogen) atoms. The van der Waals surface area contributed by atoms with Crippen molar-refractivity contribution >= 4 is 46.3 Å². The molecule has 6 N–H and O–H groups in total. The van der Waals surface area contributed by atoms with Gasteiger partial charge in [0.25, 0.3) is 0 Å². The van der Waals surface area contributed by atoms with Crippen molar-refractivity contribution < 1.29 is 39.0 Å². The quantitative estimate of drug-likeness (QED) is 0.208. The first kappa shape index (κ1) is 31.3. The molecule has 0 aliphatic heterocycles. The number of nitrogens with one attached hydrogen (secondary N) is 2. The van der Waals surface area contributed by atoms with Crippen molar-refractivity contribution in [1.29, 1.82) is 0 Å². The number of likely N-dealkylation sites (N-methyl/N-ethyl adjacent to an activating group) is 1. The van der Waals surface area contributed by atoms with Gasteiger partial charge in [-0.3, -0.25) is 33.7 Å². The van der Waals surface area contributed by atoms with Crippen LogP contribution in [-0.4, -0.2) is 102 Å². The Balaban J connectivity index is 1.81. The Morgan fingerprint density at radius 3 is 2.24 bits per heavy atom. The van der Waals surface area contributed by atoms with Crippen LogP contribution in [0.15, 0.2) is 6.07 Å². The van der Waals surface area contributed by atoms with E-state index >= 15 is 0 Å². The van der Waals surface area contributed by atoms with Gasteiger partial charge in [0.15, 0.2) is 34.7 Å². The molecule has 228 valence electrons. The lowest BCUT2D eigenvalue weighted by molar-refractivity contribution is -0.181. The van der Waals surface area contributed by atoms with Crippen LogP contribution < -0.4 is 21.3 Å². The van der Waals surface area contributed by atoms with Crippen LogP contribution in [0.4, 0.5) is 11.4 Å². The zero-order chi connectivity index (χ0) is 31.6. The smallest absolute Gasteiger partial charge is 0.238 e. The molecule has 0 saturated heterocycles. The third-order valence-corrected chi connectivity index (χ3v) is 8.57. The highest BCUT2D eigenvalue weighted by atomic mass is 16.3. The number of fused-ring (bicyclic) bond motifs is 3. The number of carbonyl (C=O) groups is 6. The number of aliphatic hydroxyl groups is 1. The Kier molecular flexibility index (Phi) is 7.85. The Morgan fingerprint density at radius 1 is 1.10 bits per heavy atom. The molecule has 2 amide bonds. The van der Waals surface area contributed by atoms with E-state index in [1.54, 1.807) is 25.1 Å². The summed E-state index contributed by atoms with van der Waals surface area (Å²) in [4.78, 5) is 82.7. The predicted molar refractivity (Wildman–Crippen MR) is 152 cm³/mol. The summed E-state index contributed by atoms with van der Waals surface area (Å²) in [6.07, 6.45) is 0.0706. The van der Waals surface area contributed by atoms with Crippen molar-refractivity contribution in [3.8, 4) is 5.75 Å².